The van der Waals surface area contributed by atoms with Crippen molar-refractivity contribution in [3.63, 3.8) is 0 Å². The van der Waals surface area contributed by atoms with E-state index in [2.05, 4.69) is 0 Å². The summed E-state index contributed by atoms with van der Waals surface area (Å²) in [5.41, 5.74) is 0. The van der Waals surface area contributed by atoms with Crippen molar-refractivity contribution in [3.05, 3.63) is 0 Å². The zero-order chi connectivity index (χ0) is 11.7. The first-order chi connectivity index (χ1) is 5.98. The van der Waals surface area contributed by atoms with Gasteiger partial charge in [0, 0.05) is 0 Å². The fraction of sp³-hybridized carbons (Fsp3) is 0.500. The van der Waals surface area contributed by atoms with Crippen molar-refractivity contribution in [1.82, 2.24) is 0 Å². The number of halogens is 6. The molecule has 0 fully saturated rings. The lowest BCUT2D eigenvalue weighted by atomic mass is 10.7. The second-order valence-corrected chi connectivity index (χ2v) is 3.20. The van der Waals surface area contributed by atoms with Crippen LogP contribution in [0.2, 0.25) is 0 Å². The topological polar surface area (TPSA) is 58.0 Å². The van der Waals surface area contributed by atoms with Crippen molar-refractivity contribution in [3.8, 4) is 0 Å². The van der Waals surface area contributed by atoms with Crippen molar-refractivity contribution < 1.29 is 35.3 Å². The van der Waals surface area contributed by atoms with Gasteiger partial charge in [0.25, 0.3) is 0 Å². The Kier molecular flexibility index (Phi) is 3.43. The molecule has 0 aromatic heterocycles. The monoisotopic (exact) mass is 241 g/mol. The zero-order valence-electron chi connectivity index (χ0n) is 5.99. The van der Waals surface area contributed by atoms with Gasteiger partial charge in [-0.15, -0.1) is 0 Å². The van der Waals surface area contributed by atoms with E-state index >= 15 is 0 Å². The van der Waals surface area contributed by atoms with Crippen LogP contribution in [0.1, 0.15) is 0 Å². The lowest BCUT2D eigenvalue weighted by molar-refractivity contribution is -0.160. The number of carbonyl (C=O) groups is 1. The highest BCUT2D eigenvalue weighted by atomic mass is 32.2. The minimum atomic E-state index is -5.65. The Bertz CT molecular complexity index is 263. The molecule has 0 saturated heterocycles. The first-order valence-electron chi connectivity index (χ1n) is 2.66. The second kappa shape index (κ2) is 3.67. The molecule has 0 aliphatic carbocycles. The molecular weight excluding hydrogens is 240 g/mol. The first-order valence-corrected chi connectivity index (χ1v) is 3.81. The summed E-state index contributed by atoms with van der Waals surface area (Å²) >= 11 is 0. The number of alkyl halides is 6. The Hall–Kier alpha value is -0.930. The molecule has 0 saturated carbocycles. The standard InChI is InChI=1S/C4HF6NO2S/c5-3(6,7)1(11)14(13)2(12)4(8,9)10/h11H. The predicted octanol–water partition coefficient (Wildman–Crippen LogP) is 1.36. The molecule has 82 valence electrons. The second-order valence-electron chi connectivity index (χ2n) is 1.88. The van der Waals surface area contributed by atoms with Gasteiger partial charge in [0.1, 0.15) is 0 Å². The summed E-state index contributed by atoms with van der Waals surface area (Å²) in [7, 11) is -4.05. The van der Waals surface area contributed by atoms with Gasteiger partial charge in [-0.2, -0.15) is 26.3 Å². The number of rotatable bonds is 0. The lowest BCUT2D eigenvalue weighted by Gasteiger charge is -2.08. The Morgan fingerprint density at radius 2 is 1.36 bits per heavy atom. The van der Waals surface area contributed by atoms with E-state index in [4.69, 9.17) is 5.41 Å². The average molecular weight is 241 g/mol. The number of carbonyl (C=O) groups excluding carboxylic acids is 1. The van der Waals surface area contributed by atoms with Gasteiger partial charge in [-0.25, -0.2) is 4.21 Å². The third kappa shape index (κ3) is 3.09. The van der Waals surface area contributed by atoms with Crippen LogP contribution in [0.25, 0.3) is 0 Å². The highest BCUT2D eigenvalue weighted by molar-refractivity contribution is 8.13. The van der Waals surface area contributed by atoms with E-state index in [-0.39, 0.29) is 0 Å². The van der Waals surface area contributed by atoms with Crippen LogP contribution in [-0.4, -0.2) is 26.7 Å². The third-order valence-electron chi connectivity index (χ3n) is 0.843. The van der Waals surface area contributed by atoms with Crippen molar-refractivity contribution in [2.75, 3.05) is 0 Å². The molecular formula is C4HF6NO2S. The van der Waals surface area contributed by atoms with E-state index in [1.807, 2.05) is 0 Å². The van der Waals surface area contributed by atoms with Gasteiger partial charge in [-0.1, -0.05) is 0 Å². The van der Waals surface area contributed by atoms with Crippen LogP contribution in [0.15, 0.2) is 0 Å². The SMILES string of the molecule is N=C(S(=O)C(=O)C(F)(F)F)C(F)(F)F. The number of hydrogen-bond donors (Lipinski definition) is 1. The molecule has 0 spiro atoms. The molecule has 0 amide bonds. The quantitative estimate of drug-likeness (QED) is 0.395. The molecule has 0 radical (unpaired) electrons. The van der Waals surface area contributed by atoms with Crippen molar-refractivity contribution >= 4 is 21.0 Å². The molecule has 0 rings (SSSR count). The van der Waals surface area contributed by atoms with Crippen molar-refractivity contribution in [2.45, 2.75) is 12.4 Å². The fourth-order valence-corrected chi connectivity index (χ4v) is 0.909. The maximum atomic E-state index is 11.5. The van der Waals surface area contributed by atoms with E-state index in [1.165, 1.54) is 0 Å². The van der Waals surface area contributed by atoms with E-state index in [0.29, 0.717) is 0 Å². The minimum Gasteiger partial charge on any atom is -0.288 e. The summed E-state index contributed by atoms with van der Waals surface area (Å²) in [4.78, 5) is 9.99. The maximum Gasteiger partial charge on any atom is 0.463 e. The number of nitrogens with one attached hydrogen (secondary N) is 1. The molecule has 1 unspecified atom stereocenters. The summed E-state index contributed by atoms with van der Waals surface area (Å²) in [6.45, 7) is 0. The van der Waals surface area contributed by atoms with E-state index in [9.17, 15) is 35.3 Å². The Morgan fingerprint density at radius 3 is 1.57 bits per heavy atom. The summed E-state index contributed by atoms with van der Waals surface area (Å²) in [6.07, 6.45) is -11.2. The summed E-state index contributed by atoms with van der Waals surface area (Å²) in [5.74, 6) is 0. The molecule has 14 heavy (non-hydrogen) atoms. The third-order valence-corrected chi connectivity index (χ3v) is 2.01. The minimum absolute atomic E-state index is 2.72. The fourth-order valence-electron chi connectivity index (χ4n) is 0.303. The smallest absolute Gasteiger partial charge is 0.288 e. The van der Waals surface area contributed by atoms with Crippen LogP contribution in [0.4, 0.5) is 26.3 Å². The summed E-state index contributed by atoms with van der Waals surface area (Å²) < 4.78 is 79.1. The van der Waals surface area contributed by atoms with Gasteiger partial charge in [0.15, 0.2) is 10.8 Å². The molecule has 1 atom stereocenters. The molecule has 0 bridgehead atoms. The normalized spacial score (nSPS) is 15.0. The molecule has 10 heteroatoms. The van der Waals surface area contributed by atoms with Crippen molar-refractivity contribution in [2.24, 2.45) is 0 Å². The highest BCUT2D eigenvalue weighted by Gasteiger charge is 2.50. The predicted molar refractivity (Wildman–Crippen MR) is 33.0 cm³/mol. The van der Waals surface area contributed by atoms with E-state index in [1.54, 1.807) is 0 Å². The van der Waals surface area contributed by atoms with Crippen LogP contribution < -0.4 is 0 Å². The molecule has 1 N–H and O–H groups in total. The van der Waals surface area contributed by atoms with E-state index in [0.717, 1.165) is 0 Å². The Labute approximate surface area is 75.0 Å². The molecule has 0 aromatic rings. The van der Waals surface area contributed by atoms with Crippen LogP contribution in [0, 0.1) is 5.41 Å². The number of hydrogen-bond acceptors (Lipinski definition) is 3. The molecule has 0 heterocycles. The van der Waals surface area contributed by atoms with Gasteiger partial charge in [0.05, 0.1) is 0 Å². The van der Waals surface area contributed by atoms with Crippen LogP contribution in [-0.2, 0) is 15.6 Å². The van der Waals surface area contributed by atoms with Gasteiger partial charge in [-0.05, 0) is 0 Å². The molecule has 3 nitrogen and oxygen atoms in total. The highest BCUT2D eigenvalue weighted by Crippen LogP contribution is 2.23. The van der Waals surface area contributed by atoms with Crippen molar-refractivity contribution in [1.29, 1.82) is 5.41 Å². The van der Waals surface area contributed by atoms with Crippen LogP contribution >= 0.6 is 0 Å². The first kappa shape index (κ1) is 13.1. The lowest BCUT2D eigenvalue weighted by Crippen LogP contribution is -2.36. The van der Waals surface area contributed by atoms with E-state index < -0.39 is 33.3 Å². The van der Waals surface area contributed by atoms with Gasteiger partial charge in [0.2, 0.25) is 5.04 Å². The summed E-state index contributed by atoms with van der Waals surface area (Å²) in [6, 6.07) is 0. The van der Waals surface area contributed by atoms with Crippen LogP contribution in [0.3, 0.4) is 0 Å². The maximum absolute atomic E-state index is 11.5. The molecule has 0 aliphatic rings. The average Bonchev–Trinajstić information content (AvgIpc) is 1.97. The van der Waals surface area contributed by atoms with Gasteiger partial charge in [-0.3, -0.25) is 10.2 Å². The molecule has 0 aromatic carbocycles. The van der Waals surface area contributed by atoms with Crippen LogP contribution in [0.5, 0.6) is 0 Å². The van der Waals surface area contributed by atoms with Gasteiger partial charge < -0.3 is 0 Å². The Balaban J connectivity index is 4.85. The zero-order valence-corrected chi connectivity index (χ0v) is 6.81. The molecule has 0 aliphatic heterocycles. The Morgan fingerprint density at radius 1 is 1.00 bits per heavy atom. The summed E-state index contributed by atoms with van der Waals surface area (Å²) in [5, 5.41) is 0.191. The van der Waals surface area contributed by atoms with Gasteiger partial charge >= 0.3 is 17.5 Å². The largest absolute Gasteiger partial charge is 0.463 e.